The topological polar surface area (TPSA) is 98.5 Å². The third-order valence-corrected chi connectivity index (χ3v) is 4.07. The molecule has 0 saturated carbocycles. The summed E-state index contributed by atoms with van der Waals surface area (Å²) in [5, 5.41) is 0.00573. The zero-order chi connectivity index (χ0) is 15.2. The van der Waals surface area contributed by atoms with Gasteiger partial charge in [-0.05, 0) is 18.2 Å². The normalized spacial score (nSPS) is 10.6. The van der Waals surface area contributed by atoms with Crippen LogP contribution in [0.4, 0.5) is 0 Å². The van der Waals surface area contributed by atoms with Gasteiger partial charge in [-0.25, -0.2) is 8.42 Å². The number of esters is 1. The molecule has 0 aliphatic heterocycles. The van der Waals surface area contributed by atoms with E-state index in [1.54, 1.807) is 0 Å². The highest BCUT2D eigenvalue weighted by Crippen LogP contribution is 2.22. The summed E-state index contributed by atoms with van der Waals surface area (Å²) in [6, 6.07) is 4.22. The maximum atomic E-state index is 11.9. The van der Waals surface area contributed by atoms with E-state index in [0.29, 0.717) is 5.56 Å². The zero-order valence-electron chi connectivity index (χ0n) is 10.6. The average molecular weight is 317 g/mol. The lowest BCUT2D eigenvalue weighted by molar-refractivity contribution is -0.139. The Kier molecular flexibility index (Phi) is 5.98. The summed E-state index contributed by atoms with van der Waals surface area (Å²) < 4.78 is 30.3. The lowest BCUT2D eigenvalue weighted by Gasteiger charge is -2.07. The number of sulfonamides is 1. The quantitative estimate of drug-likeness (QED) is 0.606. The van der Waals surface area contributed by atoms with Gasteiger partial charge in [0.05, 0.1) is 18.7 Å². The summed E-state index contributed by atoms with van der Waals surface area (Å²) in [5.74, 6) is 4.67. The summed E-state index contributed by atoms with van der Waals surface area (Å²) in [7, 11) is -2.73. The van der Waals surface area contributed by atoms with Crippen LogP contribution >= 0.6 is 11.6 Å². The Labute approximate surface area is 122 Å². The van der Waals surface area contributed by atoms with E-state index < -0.39 is 22.5 Å². The van der Waals surface area contributed by atoms with Crippen LogP contribution in [0.2, 0.25) is 5.02 Å². The van der Waals surface area contributed by atoms with E-state index in [1.165, 1.54) is 18.2 Å². The summed E-state index contributed by atoms with van der Waals surface area (Å²) in [5.41, 5.74) is 5.79. The maximum absolute atomic E-state index is 11.9. The van der Waals surface area contributed by atoms with Crippen LogP contribution in [-0.4, -0.2) is 34.6 Å². The fourth-order valence-electron chi connectivity index (χ4n) is 1.25. The highest BCUT2D eigenvalue weighted by molar-refractivity contribution is 7.89. The number of benzene rings is 1. The summed E-state index contributed by atoms with van der Waals surface area (Å²) in [6.45, 7) is -0.276. The standard InChI is InChI=1S/C12H13ClN2O4S/c1-19-12(16)8-15-20(17,18)11-5-4-9(3-2-6-14)7-10(11)13/h4-5,7,15H,6,8,14H2,1H3. The van der Waals surface area contributed by atoms with Crippen molar-refractivity contribution in [3.8, 4) is 11.8 Å². The van der Waals surface area contributed by atoms with E-state index >= 15 is 0 Å². The number of hydrogen-bond donors (Lipinski definition) is 2. The number of carbonyl (C=O) groups excluding carboxylic acids is 1. The first-order chi connectivity index (χ1) is 9.40. The van der Waals surface area contributed by atoms with E-state index in [1.807, 2.05) is 0 Å². The third kappa shape index (κ3) is 4.51. The summed E-state index contributed by atoms with van der Waals surface area (Å²) in [6.07, 6.45) is 0. The Bertz CT molecular complexity index is 662. The van der Waals surface area contributed by atoms with Crippen LogP contribution in [0.25, 0.3) is 0 Å². The van der Waals surface area contributed by atoms with Gasteiger partial charge in [-0.2, -0.15) is 4.72 Å². The Morgan fingerprint density at radius 1 is 1.50 bits per heavy atom. The van der Waals surface area contributed by atoms with Gasteiger partial charge < -0.3 is 10.5 Å². The molecule has 0 heterocycles. The first-order valence-electron chi connectivity index (χ1n) is 5.45. The Hall–Kier alpha value is -1.59. The maximum Gasteiger partial charge on any atom is 0.320 e. The number of halogens is 1. The minimum absolute atomic E-state index is 0.00573. The Morgan fingerprint density at radius 3 is 2.75 bits per heavy atom. The van der Waals surface area contributed by atoms with Gasteiger partial charge in [-0.3, -0.25) is 4.79 Å². The molecule has 3 N–H and O–H groups in total. The Balaban J connectivity index is 2.99. The van der Waals surface area contributed by atoms with Crippen LogP contribution in [0.1, 0.15) is 5.56 Å². The van der Waals surface area contributed by atoms with Gasteiger partial charge in [-0.1, -0.05) is 23.4 Å². The van der Waals surface area contributed by atoms with Gasteiger partial charge in [-0.15, -0.1) is 0 Å². The van der Waals surface area contributed by atoms with Gasteiger partial charge in [0.2, 0.25) is 10.0 Å². The number of nitrogens with two attached hydrogens (primary N) is 1. The van der Waals surface area contributed by atoms with Crippen LogP contribution in [0.3, 0.4) is 0 Å². The van der Waals surface area contributed by atoms with Gasteiger partial charge in [0.1, 0.15) is 11.4 Å². The van der Waals surface area contributed by atoms with Gasteiger partial charge in [0.25, 0.3) is 0 Å². The van der Waals surface area contributed by atoms with Crippen molar-refractivity contribution in [3.05, 3.63) is 28.8 Å². The molecule has 0 aliphatic rings. The van der Waals surface area contributed by atoms with Crippen LogP contribution in [0.15, 0.2) is 23.1 Å². The molecule has 0 aromatic heterocycles. The molecule has 1 rings (SSSR count). The molecule has 1 aromatic rings. The molecule has 8 heteroatoms. The average Bonchev–Trinajstić information content (AvgIpc) is 2.42. The second-order valence-electron chi connectivity index (χ2n) is 3.55. The first-order valence-corrected chi connectivity index (χ1v) is 7.32. The molecule has 20 heavy (non-hydrogen) atoms. The predicted octanol–water partition coefficient (Wildman–Crippen LogP) is 0.102. The molecule has 0 unspecified atom stereocenters. The number of ether oxygens (including phenoxy) is 1. The van der Waals surface area contributed by atoms with Crippen molar-refractivity contribution in [2.75, 3.05) is 20.2 Å². The molecular formula is C12H13ClN2O4S. The second kappa shape index (κ2) is 7.26. The predicted molar refractivity (Wildman–Crippen MR) is 74.6 cm³/mol. The summed E-state index contributed by atoms with van der Waals surface area (Å²) in [4.78, 5) is 10.8. The molecule has 0 atom stereocenters. The highest BCUT2D eigenvalue weighted by Gasteiger charge is 2.19. The number of rotatable bonds is 4. The van der Waals surface area contributed by atoms with Crippen molar-refractivity contribution >= 4 is 27.6 Å². The van der Waals surface area contributed by atoms with Crippen LogP contribution < -0.4 is 10.5 Å². The van der Waals surface area contributed by atoms with Crippen molar-refractivity contribution < 1.29 is 17.9 Å². The SMILES string of the molecule is COC(=O)CNS(=O)(=O)c1ccc(C#CCN)cc1Cl. The molecule has 0 amide bonds. The molecule has 0 saturated heterocycles. The van der Waals surface area contributed by atoms with E-state index in [2.05, 4.69) is 21.3 Å². The van der Waals surface area contributed by atoms with E-state index in [4.69, 9.17) is 17.3 Å². The lowest BCUT2D eigenvalue weighted by Crippen LogP contribution is -2.30. The molecule has 0 radical (unpaired) electrons. The first kappa shape index (κ1) is 16.5. The number of nitrogens with one attached hydrogen (secondary N) is 1. The zero-order valence-corrected chi connectivity index (χ0v) is 12.2. The van der Waals surface area contributed by atoms with Crippen molar-refractivity contribution in [1.29, 1.82) is 0 Å². The Morgan fingerprint density at radius 2 is 2.20 bits per heavy atom. The van der Waals surface area contributed by atoms with E-state index in [9.17, 15) is 13.2 Å². The summed E-state index contributed by atoms with van der Waals surface area (Å²) >= 11 is 5.91. The fourth-order valence-corrected chi connectivity index (χ4v) is 2.76. The van der Waals surface area contributed by atoms with Gasteiger partial charge >= 0.3 is 5.97 Å². The number of carbonyl (C=O) groups is 1. The van der Waals surface area contributed by atoms with E-state index in [0.717, 1.165) is 7.11 Å². The van der Waals surface area contributed by atoms with E-state index in [-0.39, 0.29) is 16.5 Å². The minimum Gasteiger partial charge on any atom is -0.468 e. The molecule has 6 nitrogen and oxygen atoms in total. The van der Waals surface area contributed by atoms with Crippen LogP contribution in [0.5, 0.6) is 0 Å². The largest absolute Gasteiger partial charge is 0.468 e. The molecule has 0 bridgehead atoms. The fraction of sp³-hybridized carbons (Fsp3) is 0.250. The van der Waals surface area contributed by atoms with Gasteiger partial charge in [0, 0.05) is 5.56 Å². The second-order valence-corrected chi connectivity index (χ2v) is 5.69. The van der Waals surface area contributed by atoms with Crippen molar-refractivity contribution in [3.63, 3.8) is 0 Å². The molecule has 0 fully saturated rings. The molecule has 0 aliphatic carbocycles. The monoisotopic (exact) mass is 316 g/mol. The molecule has 1 aromatic carbocycles. The lowest BCUT2D eigenvalue weighted by atomic mass is 10.2. The van der Waals surface area contributed by atoms with Crippen LogP contribution in [0, 0.1) is 11.8 Å². The number of methoxy groups -OCH3 is 1. The number of hydrogen-bond acceptors (Lipinski definition) is 5. The van der Waals surface area contributed by atoms with Crippen LogP contribution in [-0.2, 0) is 19.6 Å². The van der Waals surface area contributed by atoms with Crippen molar-refractivity contribution in [1.82, 2.24) is 4.72 Å². The molecule has 108 valence electrons. The van der Waals surface area contributed by atoms with Gasteiger partial charge in [0.15, 0.2) is 0 Å². The smallest absolute Gasteiger partial charge is 0.320 e. The molecular weight excluding hydrogens is 304 g/mol. The minimum atomic E-state index is -3.89. The molecule has 0 spiro atoms. The van der Waals surface area contributed by atoms with Crippen molar-refractivity contribution in [2.45, 2.75) is 4.90 Å². The van der Waals surface area contributed by atoms with Crippen molar-refractivity contribution in [2.24, 2.45) is 5.73 Å². The highest BCUT2D eigenvalue weighted by atomic mass is 35.5. The third-order valence-electron chi connectivity index (χ3n) is 2.19.